The van der Waals surface area contributed by atoms with Crippen LogP contribution in [0.5, 0.6) is 5.75 Å². The van der Waals surface area contributed by atoms with Crippen molar-refractivity contribution in [2.45, 2.75) is 38.7 Å². The lowest BCUT2D eigenvalue weighted by Crippen LogP contribution is -2.29. The summed E-state index contributed by atoms with van der Waals surface area (Å²) in [6.45, 7) is 2.02. The largest absolute Gasteiger partial charge is 0.490 e. The number of hydrogen-bond donors (Lipinski definition) is 1. The van der Waals surface area contributed by atoms with Crippen LogP contribution < -0.4 is 4.74 Å². The molecule has 1 aromatic rings. The lowest BCUT2D eigenvalue weighted by atomic mass is 9.87. The van der Waals surface area contributed by atoms with Crippen molar-refractivity contribution in [3.05, 3.63) is 29.8 Å². The van der Waals surface area contributed by atoms with Crippen LogP contribution in [0.2, 0.25) is 0 Å². The highest BCUT2D eigenvalue weighted by molar-refractivity contribution is 5.70. The van der Waals surface area contributed by atoms with Gasteiger partial charge in [-0.2, -0.15) is 0 Å². The second kappa shape index (κ2) is 5.21. The van der Waals surface area contributed by atoms with E-state index in [1.165, 1.54) is 0 Å². The van der Waals surface area contributed by atoms with E-state index in [9.17, 15) is 4.79 Å². The molecule has 2 rings (SSSR count). The van der Waals surface area contributed by atoms with Gasteiger partial charge < -0.3 is 9.84 Å². The molecule has 1 aromatic carbocycles. The van der Waals surface area contributed by atoms with Crippen LogP contribution in [0.1, 0.15) is 31.2 Å². The maximum absolute atomic E-state index is 11.0. The Labute approximate surface area is 101 Å². The molecular formula is C14H18O3. The van der Waals surface area contributed by atoms with Gasteiger partial charge in [-0.15, -0.1) is 0 Å². The van der Waals surface area contributed by atoms with Crippen molar-refractivity contribution < 1.29 is 14.6 Å². The van der Waals surface area contributed by atoms with Crippen molar-refractivity contribution in [2.75, 3.05) is 0 Å². The van der Waals surface area contributed by atoms with Crippen LogP contribution in [0.15, 0.2) is 24.3 Å². The molecule has 3 nitrogen and oxygen atoms in total. The Morgan fingerprint density at radius 1 is 1.41 bits per heavy atom. The summed E-state index contributed by atoms with van der Waals surface area (Å²) in [5, 5.41) is 9.01. The molecule has 0 amide bonds. The van der Waals surface area contributed by atoms with Crippen molar-refractivity contribution >= 4 is 5.97 Å². The van der Waals surface area contributed by atoms with Gasteiger partial charge >= 0.3 is 5.97 Å². The third kappa shape index (κ3) is 3.22. The van der Waals surface area contributed by atoms with Crippen molar-refractivity contribution in [3.63, 3.8) is 0 Å². The molecule has 2 atom stereocenters. The Morgan fingerprint density at radius 3 is 2.94 bits per heavy atom. The van der Waals surface area contributed by atoms with Crippen molar-refractivity contribution in [2.24, 2.45) is 5.92 Å². The van der Waals surface area contributed by atoms with Crippen LogP contribution >= 0.6 is 0 Å². The number of aliphatic carboxylic acids is 1. The minimum atomic E-state index is -0.692. The number of hydrogen-bond acceptors (Lipinski definition) is 2. The molecule has 1 aliphatic carbocycles. The number of benzene rings is 1. The van der Waals surface area contributed by atoms with Crippen molar-refractivity contribution in [1.82, 2.24) is 0 Å². The van der Waals surface area contributed by atoms with E-state index in [1.54, 1.807) is 0 Å². The van der Waals surface area contributed by atoms with Gasteiger partial charge in [0.25, 0.3) is 0 Å². The van der Waals surface area contributed by atoms with Crippen LogP contribution in [-0.2, 0) is 4.79 Å². The number of carbonyl (C=O) groups is 1. The van der Waals surface area contributed by atoms with Crippen molar-refractivity contribution in [3.8, 4) is 5.75 Å². The van der Waals surface area contributed by atoms with Gasteiger partial charge in [0.15, 0.2) is 0 Å². The van der Waals surface area contributed by atoms with Gasteiger partial charge in [0.1, 0.15) is 5.75 Å². The van der Waals surface area contributed by atoms with Crippen LogP contribution in [0.25, 0.3) is 0 Å². The first-order chi connectivity index (χ1) is 8.15. The minimum absolute atomic E-state index is 0.0478. The predicted octanol–water partition coefficient (Wildman–Crippen LogP) is 3.02. The van der Waals surface area contributed by atoms with Crippen LogP contribution in [0.4, 0.5) is 0 Å². The molecule has 1 N–H and O–H groups in total. The van der Waals surface area contributed by atoms with E-state index in [0.29, 0.717) is 6.42 Å². The number of carboxylic acids is 1. The molecule has 0 radical (unpaired) electrons. The van der Waals surface area contributed by atoms with Gasteiger partial charge in [0.05, 0.1) is 12.0 Å². The average Bonchev–Trinajstić information content (AvgIpc) is 2.29. The number of carboxylic acid groups (broad SMARTS) is 1. The number of rotatable bonds is 3. The molecule has 0 spiro atoms. The molecular weight excluding hydrogens is 216 g/mol. The second-order valence-electron chi connectivity index (χ2n) is 4.76. The molecule has 0 heterocycles. The fraction of sp³-hybridized carbons (Fsp3) is 0.500. The van der Waals surface area contributed by atoms with E-state index in [1.807, 2.05) is 31.2 Å². The third-order valence-electron chi connectivity index (χ3n) is 3.27. The maximum Gasteiger partial charge on any atom is 0.306 e. The summed E-state index contributed by atoms with van der Waals surface area (Å²) < 4.78 is 5.85. The Hall–Kier alpha value is -1.51. The lowest BCUT2D eigenvalue weighted by Gasteiger charge is -2.27. The Kier molecular flexibility index (Phi) is 3.67. The highest BCUT2D eigenvalue weighted by Gasteiger charge is 2.27. The Bertz CT molecular complexity index is 400. The van der Waals surface area contributed by atoms with Gasteiger partial charge in [-0.1, -0.05) is 12.1 Å². The van der Waals surface area contributed by atoms with E-state index in [-0.39, 0.29) is 12.0 Å². The van der Waals surface area contributed by atoms with Crippen LogP contribution in [0, 0.1) is 12.8 Å². The lowest BCUT2D eigenvalue weighted by molar-refractivity contribution is -0.143. The van der Waals surface area contributed by atoms with Gasteiger partial charge in [0, 0.05) is 0 Å². The summed E-state index contributed by atoms with van der Waals surface area (Å²) in [4.78, 5) is 11.0. The topological polar surface area (TPSA) is 46.5 Å². The zero-order chi connectivity index (χ0) is 12.3. The van der Waals surface area contributed by atoms with E-state index in [4.69, 9.17) is 9.84 Å². The van der Waals surface area contributed by atoms with E-state index >= 15 is 0 Å². The molecule has 17 heavy (non-hydrogen) atoms. The molecule has 3 heteroatoms. The standard InChI is InChI=1S/C14H18O3/c1-10-4-2-6-12(8-10)17-13-7-3-5-11(9-13)14(15)16/h2,4,6,8,11,13H,3,5,7,9H2,1H3,(H,15,16). The highest BCUT2D eigenvalue weighted by Crippen LogP contribution is 2.28. The summed E-state index contributed by atoms with van der Waals surface area (Å²) in [5.41, 5.74) is 1.16. The Balaban J connectivity index is 1.97. The van der Waals surface area contributed by atoms with Gasteiger partial charge in [-0.25, -0.2) is 0 Å². The zero-order valence-electron chi connectivity index (χ0n) is 10.1. The second-order valence-corrected chi connectivity index (χ2v) is 4.76. The number of aryl methyl sites for hydroxylation is 1. The van der Waals surface area contributed by atoms with E-state index in [2.05, 4.69) is 0 Å². The first-order valence-corrected chi connectivity index (χ1v) is 6.11. The predicted molar refractivity (Wildman–Crippen MR) is 65.2 cm³/mol. The minimum Gasteiger partial charge on any atom is -0.490 e. The molecule has 92 valence electrons. The third-order valence-corrected chi connectivity index (χ3v) is 3.27. The average molecular weight is 234 g/mol. The van der Waals surface area contributed by atoms with Crippen molar-refractivity contribution in [1.29, 1.82) is 0 Å². The Morgan fingerprint density at radius 2 is 2.24 bits per heavy atom. The summed E-state index contributed by atoms with van der Waals surface area (Å²) in [6.07, 6.45) is 3.35. The maximum atomic E-state index is 11.0. The summed E-state index contributed by atoms with van der Waals surface area (Å²) in [7, 11) is 0. The molecule has 0 bridgehead atoms. The molecule has 0 aromatic heterocycles. The molecule has 1 aliphatic rings. The fourth-order valence-corrected chi connectivity index (χ4v) is 2.36. The zero-order valence-corrected chi connectivity index (χ0v) is 10.1. The van der Waals surface area contributed by atoms with Crippen LogP contribution in [-0.4, -0.2) is 17.2 Å². The fourth-order valence-electron chi connectivity index (χ4n) is 2.36. The molecule has 0 saturated heterocycles. The summed E-state index contributed by atoms with van der Waals surface area (Å²) >= 11 is 0. The monoisotopic (exact) mass is 234 g/mol. The van der Waals surface area contributed by atoms with E-state index in [0.717, 1.165) is 30.6 Å². The smallest absolute Gasteiger partial charge is 0.306 e. The first kappa shape index (κ1) is 12.0. The first-order valence-electron chi connectivity index (χ1n) is 6.11. The highest BCUT2D eigenvalue weighted by atomic mass is 16.5. The molecule has 2 unspecified atom stereocenters. The number of ether oxygens (including phenoxy) is 1. The summed E-state index contributed by atoms with van der Waals surface area (Å²) in [5.74, 6) is -0.0814. The van der Waals surface area contributed by atoms with Gasteiger partial charge in [0.2, 0.25) is 0 Å². The van der Waals surface area contributed by atoms with Gasteiger partial charge in [-0.05, 0) is 50.3 Å². The quantitative estimate of drug-likeness (QED) is 0.874. The SMILES string of the molecule is Cc1cccc(OC2CCCC(C(=O)O)C2)c1. The van der Waals surface area contributed by atoms with Gasteiger partial charge in [-0.3, -0.25) is 4.79 Å². The normalized spacial score (nSPS) is 24.3. The van der Waals surface area contributed by atoms with E-state index < -0.39 is 5.97 Å². The molecule has 0 aliphatic heterocycles. The molecule has 1 saturated carbocycles. The van der Waals surface area contributed by atoms with Crippen LogP contribution in [0.3, 0.4) is 0 Å². The molecule has 1 fully saturated rings. The summed E-state index contributed by atoms with van der Waals surface area (Å²) in [6, 6.07) is 7.90.